The summed E-state index contributed by atoms with van der Waals surface area (Å²) in [6.45, 7) is 3.33. The third kappa shape index (κ3) is 2.77. The first kappa shape index (κ1) is 17.4. The van der Waals surface area contributed by atoms with Crippen LogP contribution in [-0.2, 0) is 0 Å². The van der Waals surface area contributed by atoms with Crippen molar-refractivity contribution in [2.45, 2.75) is 37.6 Å². The molecule has 3 aromatic heterocycles. The van der Waals surface area contributed by atoms with Crippen LogP contribution in [0.25, 0.3) is 21.3 Å². The first-order valence-corrected chi connectivity index (χ1v) is 9.79. The van der Waals surface area contributed by atoms with Crippen molar-refractivity contribution in [3.8, 4) is 0 Å². The Labute approximate surface area is 157 Å². The standard InChI is InChI=1S/C18H16F2N4S2/c1-9-10(2)25-16-14(9)17(22-8-21-16)26-11(3)15-23-12-6-4-5-7-13(12)24(15)18(19)20/h4-8,11,18H,1-3H3. The van der Waals surface area contributed by atoms with Crippen molar-refractivity contribution in [3.05, 3.63) is 46.9 Å². The van der Waals surface area contributed by atoms with Gasteiger partial charge in [-0.15, -0.1) is 11.3 Å². The summed E-state index contributed by atoms with van der Waals surface area (Å²) in [6.07, 6.45) is 1.53. The van der Waals surface area contributed by atoms with Gasteiger partial charge in [0.1, 0.15) is 22.0 Å². The molecule has 134 valence electrons. The monoisotopic (exact) mass is 390 g/mol. The summed E-state index contributed by atoms with van der Waals surface area (Å²) < 4.78 is 28.4. The fraction of sp³-hybridized carbons (Fsp3) is 0.278. The quantitative estimate of drug-likeness (QED) is 0.321. The number of benzene rings is 1. The Hall–Kier alpha value is -2.06. The smallest absolute Gasteiger partial charge is 0.269 e. The van der Waals surface area contributed by atoms with Gasteiger partial charge in [0.15, 0.2) is 0 Å². The molecule has 0 spiro atoms. The van der Waals surface area contributed by atoms with E-state index in [0.717, 1.165) is 25.4 Å². The van der Waals surface area contributed by atoms with Crippen molar-refractivity contribution in [1.82, 2.24) is 19.5 Å². The normalized spacial score (nSPS) is 13.2. The van der Waals surface area contributed by atoms with E-state index in [1.54, 1.807) is 35.6 Å². The van der Waals surface area contributed by atoms with Gasteiger partial charge in [0.05, 0.1) is 16.3 Å². The van der Waals surface area contributed by atoms with E-state index in [1.807, 2.05) is 13.8 Å². The summed E-state index contributed by atoms with van der Waals surface area (Å²) >= 11 is 3.06. The molecule has 26 heavy (non-hydrogen) atoms. The average Bonchev–Trinajstić information content (AvgIpc) is 3.14. The van der Waals surface area contributed by atoms with Gasteiger partial charge in [0.2, 0.25) is 0 Å². The highest BCUT2D eigenvalue weighted by atomic mass is 32.2. The van der Waals surface area contributed by atoms with Crippen molar-refractivity contribution in [3.63, 3.8) is 0 Å². The van der Waals surface area contributed by atoms with Crippen LogP contribution < -0.4 is 0 Å². The number of thioether (sulfide) groups is 1. The van der Waals surface area contributed by atoms with Crippen LogP contribution in [0.5, 0.6) is 0 Å². The van der Waals surface area contributed by atoms with E-state index in [1.165, 1.54) is 23.0 Å². The van der Waals surface area contributed by atoms with E-state index >= 15 is 0 Å². The summed E-state index contributed by atoms with van der Waals surface area (Å²) in [5.74, 6) is 0.350. The molecular formula is C18H16F2N4S2. The number of aromatic nitrogens is 4. The Bertz CT molecular complexity index is 1100. The van der Waals surface area contributed by atoms with E-state index < -0.39 is 6.55 Å². The van der Waals surface area contributed by atoms with Crippen molar-refractivity contribution in [1.29, 1.82) is 0 Å². The highest BCUT2D eigenvalue weighted by Gasteiger charge is 2.24. The van der Waals surface area contributed by atoms with Gasteiger partial charge in [-0.3, -0.25) is 4.57 Å². The maximum absolute atomic E-state index is 13.7. The first-order valence-electron chi connectivity index (χ1n) is 8.09. The molecule has 0 aliphatic carbocycles. The lowest BCUT2D eigenvalue weighted by atomic mass is 10.2. The van der Waals surface area contributed by atoms with Gasteiger partial charge in [0.25, 0.3) is 0 Å². The number of halogens is 2. The van der Waals surface area contributed by atoms with Crippen molar-refractivity contribution in [2.24, 2.45) is 0 Å². The molecule has 3 heterocycles. The number of fused-ring (bicyclic) bond motifs is 2. The zero-order valence-electron chi connectivity index (χ0n) is 14.4. The molecule has 0 radical (unpaired) electrons. The predicted octanol–water partition coefficient (Wildman–Crippen LogP) is 5.91. The molecule has 0 aliphatic heterocycles. The number of rotatable bonds is 4. The van der Waals surface area contributed by atoms with Gasteiger partial charge in [-0.05, 0) is 38.5 Å². The highest BCUT2D eigenvalue weighted by Crippen LogP contribution is 2.41. The molecule has 0 bridgehead atoms. The molecule has 1 atom stereocenters. The molecule has 8 heteroatoms. The molecule has 4 aromatic rings. The fourth-order valence-corrected chi connectivity index (χ4v) is 5.16. The zero-order valence-corrected chi connectivity index (χ0v) is 16.0. The average molecular weight is 390 g/mol. The van der Waals surface area contributed by atoms with Gasteiger partial charge in [0, 0.05) is 10.3 Å². The summed E-state index contributed by atoms with van der Waals surface area (Å²) in [4.78, 5) is 15.3. The third-order valence-electron chi connectivity index (χ3n) is 4.40. The minimum atomic E-state index is -2.64. The Kier molecular flexibility index (Phi) is 4.40. The number of imidazole rings is 1. The molecule has 4 nitrogen and oxygen atoms in total. The van der Waals surface area contributed by atoms with Gasteiger partial charge < -0.3 is 0 Å². The Morgan fingerprint density at radius 1 is 1.15 bits per heavy atom. The predicted molar refractivity (Wildman–Crippen MR) is 102 cm³/mol. The maximum Gasteiger partial charge on any atom is 0.320 e. The molecule has 0 aliphatic rings. The second kappa shape index (κ2) is 6.59. The van der Waals surface area contributed by atoms with Crippen LogP contribution in [0.4, 0.5) is 8.78 Å². The Morgan fingerprint density at radius 3 is 2.69 bits per heavy atom. The molecule has 4 rings (SSSR count). The number of thiophene rings is 1. The van der Waals surface area contributed by atoms with Gasteiger partial charge in [-0.2, -0.15) is 8.78 Å². The molecule has 0 saturated heterocycles. The molecule has 0 saturated carbocycles. The number of alkyl halides is 2. The van der Waals surface area contributed by atoms with Crippen LogP contribution >= 0.6 is 23.1 Å². The number of para-hydroxylation sites is 2. The van der Waals surface area contributed by atoms with Gasteiger partial charge in [-0.25, -0.2) is 15.0 Å². The van der Waals surface area contributed by atoms with Crippen LogP contribution in [0, 0.1) is 13.8 Å². The molecule has 0 N–H and O–H groups in total. The van der Waals surface area contributed by atoms with Crippen LogP contribution in [-0.4, -0.2) is 19.5 Å². The molecule has 1 unspecified atom stereocenters. The van der Waals surface area contributed by atoms with Crippen LogP contribution in [0.15, 0.2) is 35.6 Å². The zero-order chi connectivity index (χ0) is 18.4. The molecule has 1 aromatic carbocycles. The summed E-state index contributed by atoms with van der Waals surface area (Å²) in [5.41, 5.74) is 2.16. The number of hydrogen-bond donors (Lipinski definition) is 0. The third-order valence-corrected chi connectivity index (χ3v) is 6.61. The summed E-state index contributed by atoms with van der Waals surface area (Å²) in [6, 6.07) is 6.98. The van der Waals surface area contributed by atoms with Crippen LogP contribution in [0.3, 0.4) is 0 Å². The minimum Gasteiger partial charge on any atom is -0.269 e. The van der Waals surface area contributed by atoms with Gasteiger partial charge in [-0.1, -0.05) is 23.9 Å². The number of aryl methyl sites for hydroxylation is 2. The number of hydrogen-bond acceptors (Lipinski definition) is 5. The lowest BCUT2D eigenvalue weighted by molar-refractivity contribution is 0.0715. The lowest BCUT2D eigenvalue weighted by Crippen LogP contribution is -2.06. The van der Waals surface area contributed by atoms with Gasteiger partial charge >= 0.3 is 6.55 Å². The maximum atomic E-state index is 13.7. The Balaban J connectivity index is 1.79. The topological polar surface area (TPSA) is 43.6 Å². The SMILES string of the molecule is Cc1sc2ncnc(SC(C)c3nc4ccccc4n3C(F)F)c2c1C. The van der Waals surface area contributed by atoms with Crippen LogP contribution in [0.1, 0.15) is 35.0 Å². The van der Waals surface area contributed by atoms with Crippen LogP contribution in [0.2, 0.25) is 0 Å². The lowest BCUT2D eigenvalue weighted by Gasteiger charge is -2.14. The minimum absolute atomic E-state index is 0.283. The summed E-state index contributed by atoms with van der Waals surface area (Å²) in [5, 5.41) is 1.53. The fourth-order valence-electron chi connectivity index (χ4n) is 3.01. The summed E-state index contributed by atoms with van der Waals surface area (Å²) in [7, 11) is 0. The molecular weight excluding hydrogens is 374 g/mol. The molecule has 0 amide bonds. The first-order chi connectivity index (χ1) is 12.5. The highest BCUT2D eigenvalue weighted by molar-refractivity contribution is 7.99. The van der Waals surface area contributed by atoms with E-state index in [4.69, 9.17) is 0 Å². The Morgan fingerprint density at radius 2 is 1.92 bits per heavy atom. The van der Waals surface area contributed by atoms with E-state index in [0.29, 0.717) is 16.9 Å². The van der Waals surface area contributed by atoms with E-state index in [9.17, 15) is 8.78 Å². The molecule has 0 fully saturated rings. The van der Waals surface area contributed by atoms with E-state index in [-0.39, 0.29) is 5.25 Å². The second-order valence-electron chi connectivity index (χ2n) is 6.01. The van der Waals surface area contributed by atoms with Crippen molar-refractivity contribution in [2.75, 3.05) is 0 Å². The largest absolute Gasteiger partial charge is 0.320 e. The van der Waals surface area contributed by atoms with Crippen molar-refractivity contribution < 1.29 is 8.78 Å². The number of nitrogens with zero attached hydrogens (tertiary/aromatic N) is 4. The van der Waals surface area contributed by atoms with E-state index in [2.05, 4.69) is 21.9 Å². The van der Waals surface area contributed by atoms with Crippen molar-refractivity contribution >= 4 is 44.3 Å². The second-order valence-corrected chi connectivity index (χ2v) is 8.54.